The Hall–Kier alpha value is -3.01. The summed E-state index contributed by atoms with van der Waals surface area (Å²) in [5.74, 6) is -0.146. The number of Topliss-reactive ketones (excluding diaryl/α,β-unsaturated/α-hetero) is 2. The minimum absolute atomic E-state index is 0.0263. The van der Waals surface area contributed by atoms with Gasteiger partial charge in [0.2, 0.25) is 0 Å². The van der Waals surface area contributed by atoms with E-state index in [1.54, 1.807) is 14.0 Å². The van der Waals surface area contributed by atoms with Gasteiger partial charge in [-0.25, -0.2) is 0 Å². The van der Waals surface area contributed by atoms with Crippen LogP contribution in [-0.4, -0.2) is 24.4 Å². The molecule has 0 amide bonds. The van der Waals surface area contributed by atoms with Gasteiger partial charge in [-0.2, -0.15) is 0 Å². The highest BCUT2D eigenvalue weighted by molar-refractivity contribution is 6.30. The van der Waals surface area contributed by atoms with Crippen molar-refractivity contribution in [2.24, 2.45) is 10.9 Å². The average Bonchev–Trinajstić information content (AvgIpc) is 2.93. The summed E-state index contributed by atoms with van der Waals surface area (Å²) in [5, 5.41) is 0. The van der Waals surface area contributed by atoms with Crippen LogP contribution in [0, 0.1) is 5.92 Å². The Morgan fingerprint density at radius 1 is 1.04 bits per heavy atom. The third kappa shape index (κ3) is 2.33. The molecule has 0 spiro atoms. The molecule has 0 saturated heterocycles. The number of ketones is 2. The van der Waals surface area contributed by atoms with Crippen molar-refractivity contribution in [3.8, 4) is 5.75 Å². The van der Waals surface area contributed by atoms with Crippen molar-refractivity contribution in [2.45, 2.75) is 19.8 Å². The van der Waals surface area contributed by atoms with Gasteiger partial charge in [-0.05, 0) is 31.5 Å². The fraction of sp³-hybridized carbons (Fsp3) is 0.227. The number of carbonyl (C=O) groups is 2. The summed E-state index contributed by atoms with van der Waals surface area (Å²) in [6.45, 7) is 3.39. The minimum Gasteiger partial charge on any atom is -0.497 e. The SMILES string of the molecule is COc1cccc([C@@H]2C(C(C)=O)=C(C)N=C3c4ccccc4C(=O)[C@@H]32)c1. The van der Waals surface area contributed by atoms with E-state index < -0.39 is 5.92 Å². The van der Waals surface area contributed by atoms with Gasteiger partial charge in [0, 0.05) is 28.3 Å². The number of nitrogens with zero attached hydrogens (tertiary/aromatic N) is 1. The summed E-state index contributed by atoms with van der Waals surface area (Å²) in [4.78, 5) is 30.3. The summed E-state index contributed by atoms with van der Waals surface area (Å²) < 4.78 is 5.35. The monoisotopic (exact) mass is 345 g/mol. The van der Waals surface area contributed by atoms with Crippen LogP contribution < -0.4 is 4.74 Å². The lowest BCUT2D eigenvalue weighted by Crippen LogP contribution is -2.31. The third-order valence-corrected chi connectivity index (χ3v) is 5.20. The zero-order chi connectivity index (χ0) is 18.4. The maximum absolute atomic E-state index is 13.2. The van der Waals surface area contributed by atoms with E-state index in [4.69, 9.17) is 4.74 Å². The molecule has 130 valence electrons. The van der Waals surface area contributed by atoms with Crippen LogP contribution in [0.4, 0.5) is 0 Å². The zero-order valence-electron chi connectivity index (χ0n) is 14.9. The highest BCUT2D eigenvalue weighted by atomic mass is 16.5. The van der Waals surface area contributed by atoms with E-state index in [1.165, 1.54) is 0 Å². The molecule has 0 bridgehead atoms. The van der Waals surface area contributed by atoms with Crippen LogP contribution in [0.2, 0.25) is 0 Å². The molecule has 2 atom stereocenters. The Morgan fingerprint density at radius 2 is 1.77 bits per heavy atom. The molecular weight excluding hydrogens is 326 g/mol. The molecule has 1 heterocycles. The van der Waals surface area contributed by atoms with Gasteiger partial charge >= 0.3 is 0 Å². The fourth-order valence-corrected chi connectivity index (χ4v) is 4.12. The molecule has 0 unspecified atom stereocenters. The van der Waals surface area contributed by atoms with Gasteiger partial charge in [0.1, 0.15) is 5.75 Å². The number of fused-ring (bicyclic) bond motifs is 3. The molecule has 0 aromatic heterocycles. The Kier molecular flexibility index (Phi) is 3.83. The van der Waals surface area contributed by atoms with Gasteiger partial charge in [0.25, 0.3) is 0 Å². The molecule has 1 aliphatic carbocycles. The summed E-state index contributed by atoms with van der Waals surface area (Å²) in [5.41, 5.74) is 4.50. The zero-order valence-corrected chi connectivity index (χ0v) is 14.9. The van der Waals surface area contributed by atoms with Crippen LogP contribution in [0.1, 0.15) is 41.3 Å². The van der Waals surface area contributed by atoms with Crippen LogP contribution in [0.3, 0.4) is 0 Å². The predicted octanol–water partition coefficient (Wildman–Crippen LogP) is 3.96. The highest BCUT2D eigenvalue weighted by Gasteiger charge is 2.46. The molecule has 2 aromatic carbocycles. The van der Waals surface area contributed by atoms with Crippen molar-refractivity contribution in [1.29, 1.82) is 0 Å². The number of aliphatic imine (C=N–C) groups is 1. The molecule has 0 fully saturated rings. The number of methoxy groups -OCH3 is 1. The first kappa shape index (κ1) is 16.5. The Balaban J connectivity index is 1.96. The number of rotatable bonds is 3. The van der Waals surface area contributed by atoms with Crippen LogP contribution in [-0.2, 0) is 4.79 Å². The van der Waals surface area contributed by atoms with Gasteiger partial charge in [-0.15, -0.1) is 0 Å². The smallest absolute Gasteiger partial charge is 0.173 e. The van der Waals surface area contributed by atoms with Crippen molar-refractivity contribution < 1.29 is 14.3 Å². The Bertz CT molecular complexity index is 1000. The Labute approximate surface area is 152 Å². The number of carbonyl (C=O) groups excluding carboxylic acids is 2. The standard InChI is InChI=1S/C22H19NO3/c1-12-18(13(2)24)19(14-7-6-8-15(11-14)26-3)20-21(23-12)16-9-4-5-10-17(16)22(20)25/h4-11,19-20H,1-3H3/t19-,20-/m1/s1. The molecule has 2 aromatic rings. The molecule has 26 heavy (non-hydrogen) atoms. The molecule has 1 aliphatic heterocycles. The first-order valence-electron chi connectivity index (χ1n) is 8.60. The van der Waals surface area contributed by atoms with E-state index in [0.29, 0.717) is 22.6 Å². The Morgan fingerprint density at radius 3 is 2.46 bits per heavy atom. The third-order valence-electron chi connectivity index (χ3n) is 5.20. The van der Waals surface area contributed by atoms with Gasteiger partial charge in [-0.3, -0.25) is 14.6 Å². The largest absolute Gasteiger partial charge is 0.497 e. The lowest BCUT2D eigenvalue weighted by Gasteiger charge is -2.30. The predicted molar refractivity (Wildman–Crippen MR) is 99.9 cm³/mol. The van der Waals surface area contributed by atoms with Gasteiger partial charge in [-0.1, -0.05) is 36.4 Å². The normalized spacial score (nSPS) is 21.2. The van der Waals surface area contributed by atoms with Crippen molar-refractivity contribution in [1.82, 2.24) is 0 Å². The summed E-state index contributed by atoms with van der Waals surface area (Å²) in [6, 6.07) is 15.1. The molecule has 4 nitrogen and oxygen atoms in total. The second-order valence-electron chi connectivity index (χ2n) is 6.69. The lowest BCUT2D eigenvalue weighted by molar-refractivity contribution is -0.114. The number of ether oxygens (including phenoxy) is 1. The molecule has 0 N–H and O–H groups in total. The molecule has 0 radical (unpaired) electrons. The molecule has 4 rings (SSSR count). The van der Waals surface area contributed by atoms with Gasteiger partial charge in [0.05, 0.1) is 18.7 Å². The maximum Gasteiger partial charge on any atom is 0.173 e. The molecule has 2 aliphatic rings. The maximum atomic E-state index is 13.2. The number of hydrogen-bond acceptors (Lipinski definition) is 4. The second-order valence-corrected chi connectivity index (χ2v) is 6.69. The van der Waals surface area contributed by atoms with E-state index in [1.807, 2.05) is 55.5 Å². The lowest BCUT2D eigenvalue weighted by atomic mass is 9.74. The number of hydrogen-bond donors (Lipinski definition) is 0. The van der Waals surface area contributed by atoms with Crippen molar-refractivity contribution >= 4 is 17.3 Å². The summed E-state index contributed by atoms with van der Waals surface area (Å²) in [7, 11) is 1.61. The van der Waals surface area contributed by atoms with Gasteiger partial charge < -0.3 is 4.74 Å². The quantitative estimate of drug-likeness (QED) is 0.846. The highest BCUT2D eigenvalue weighted by Crippen LogP contribution is 2.46. The summed E-state index contributed by atoms with van der Waals surface area (Å²) in [6.07, 6.45) is 0. The van der Waals surface area contributed by atoms with Crippen LogP contribution in [0.25, 0.3) is 0 Å². The first-order valence-corrected chi connectivity index (χ1v) is 8.60. The molecule has 4 heteroatoms. The first-order chi connectivity index (χ1) is 12.5. The van der Waals surface area contributed by atoms with E-state index >= 15 is 0 Å². The topological polar surface area (TPSA) is 55.7 Å². The van der Waals surface area contributed by atoms with E-state index in [-0.39, 0.29) is 17.5 Å². The second kappa shape index (κ2) is 6.06. The average molecular weight is 345 g/mol. The van der Waals surface area contributed by atoms with Crippen LogP contribution in [0.15, 0.2) is 64.8 Å². The minimum atomic E-state index is -0.470. The van der Waals surface area contributed by atoms with Crippen LogP contribution >= 0.6 is 0 Å². The van der Waals surface area contributed by atoms with Crippen molar-refractivity contribution in [3.63, 3.8) is 0 Å². The van der Waals surface area contributed by atoms with Crippen molar-refractivity contribution in [3.05, 3.63) is 76.5 Å². The van der Waals surface area contributed by atoms with E-state index in [0.717, 1.165) is 16.8 Å². The van der Waals surface area contributed by atoms with E-state index in [9.17, 15) is 9.59 Å². The summed E-state index contributed by atoms with van der Waals surface area (Å²) >= 11 is 0. The number of allylic oxidation sites excluding steroid dienone is 2. The van der Waals surface area contributed by atoms with Gasteiger partial charge in [0.15, 0.2) is 11.6 Å². The fourth-order valence-electron chi connectivity index (χ4n) is 4.12. The number of benzene rings is 2. The van der Waals surface area contributed by atoms with Crippen LogP contribution in [0.5, 0.6) is 5.75 Å². The van der Waals surface area contributed by atoms with Crippen molar-refractivity contribution in [2.75, 3.05) is 7.11 Å². The molecular formula is C22H19NO3. The van der Waals surface area contributed by atoms with E-state index in [2.05, 4.69) is 4.99 Å². The molecule has 0 saturated carbocycles.